The van der Waals surface area contributed by atoms with E-state index in [9.17, 15) is 0 Å². The Morgan fingerprint density at radius 1 is 0.274 bits per heavy atom. The van der Waals surface area contributed by atoms with E-state index in [4.69, 9.17) is 19.9 Å². The second-order valence-corrected chi connectivity index (χ2v) is 15.5. The number of aromatic nitrogens is 6. The fourth-order valence-corrected chi connectivity index (χ4v) is 8.90. The number of pyridine rings is 1. The van der Waals surface area contributed by atoms with E-state index in [0.717, 1.165) is 88.7 Å². The molecule has 0 bridgehead atoms. The molecule has 0 spiro atoms. The van der Waals surface area contributed by atoms with Crippen LogP contribution < -0.4 is 0 Å². The summed E-state index contributed by atoms with van der Waals surface area (Å²) in [5.74, 6) is 1.77. The number of para-hydroxylation sites is 3. The highest BCUT2D eigenvalue weighted by Crippen LogP contribution is 2.41. The summed E-state index contributed by atoms with van der Waals surface area (Å²) in [5, 5.41) is 4.59. The average Bonchev–Trinajstić information content (AvgIpc) is 3.86. The van der Waals surface area contributed by atoms with Gasteiger partial charge in [-0.25, -0.2) is 9.97 Å². The van der Waals surface area contributed by atoms with Gasteiger partial charge in [-0.1, -0.05) is 176 Å². The van der Waals surface area contributed by atoms with E-state index < -0.39 is 0 Å². The zero-order valence-corrected chi connectivity index (χ0v) is 33.5. The third kappa shape index (κ3) is 5.96. The van der Waals surface area contributed by atoms with Crippen molar-refractivity contribution >= 4 is 43.6 Å². The van der Waals surface area contributed by atoms with Gasteiger partial charge in [0.25, 0.3) is 0 Å². The minimum absolute atomic E-state index is 0.552. The fourth-order valence-electron chi connectivity index (χ4n) is 8.90. The summed E-state index contributed by atoms with van der Waals surface area (Å²) in [6.07, 6.45) is 0. The Bertz CT molecular complexity index is 3610. The van der Waals surface area contributed by atoms with Crippen molar-refractivity contribution in [1.29, 1.82) is 0 Å². The van der Waals surface area contributed by atoms with Crippen LogP contribution in [0.15, 0.2) is 218 Å². The van der Waals surface area contributed by atoms with Crippen molar-refractivity contribution in [1.82, 2.24) is 29.1 Å². The summed E-state index contributed by atoms with van der Waals surface area (Å²) in [6.45, 7) is 0. The summed E-state index contributed by atoms with van der Waals surface area (Å²) in [4.78, 5) is 20.9. The Balaban J connectivity index is 1.10. The topological polar surface area (TPSA) is 61.4 Å². The molecule has 12 aromatic rings. The van der Waals surface area contributed by atoms with Gasteiger partial charge in [-0.2, -0.15) is 9.97 Å². The van der Waals surface area contributed by atoms with E-state index in [1.165, 1.54) is 5.39 Å². The lowest BCUT2D eigenvalue weighted by Crippen LogP contribution is -2.06. The van der Waals surface area contributed by atoms with E-state index >= 15 is 0 Å². The van der Waals surface area contributed by atoms with E-state index in [0.29, 0.717) is 17.6 Å². The number of benzene rings is 8. The van der Waals surface area contributed by atoms with E-state index in [-0.39, 0.29) is 0 Å². The van der Waals surface area contributed by atoms with Crippen molar-refractivity contribution in [2.45, 2.75) is 0 Å². The fraction of sp³-hybridized carbons (Fsp3) is 0. The molecule has 0 aliphatic heterocycles. The molecule has 12 rings (SSSR count). The summed E-state index contributed by atoms with van der Waals surface area (Å²) in [6, 6.07) is 76.2. The molecule has 0 radical (unpaired) electrons. The van der Waals surface area contributed by atoms with Crippen LogP contribution in [0.25, 0.3) is 112 Å². The standard InChI is InChI=1S/C56H36N6/c1-4-17-37(18-5-1)38-31-33-41(34-32-38)55-58-54(40-21-8-3-9-22-40)59-56(60-55)62-50-29-14-11-24-43(50)46-35-45-42-23-10-13-28-49(42)61(52(45)36-53(46)62)51-30-15-12-25-44(51)48-27-16-26-47(57-48)39-19-6-2-7-20-39/h1-36H. The van der Waals surface area contributed by atoms with Gasteiger partial charge in [0.1, 0.15) is 0 Å². The van der Waals surface area contributed by atoms with Crippen LogP contribution in [0.3, 0.4) is 0 Å². The molecule has 0 saturated heterocycles. The average molecular weight is 793 g/mol. The van der Waals surface area contributed by atoms with Gasteiger partial charge < -0.3 is 4.57 Å². The second-order valence-electron chi connectivity index (χ2n) is 15.5. The summed E-state index contributed by atoms with van der Waals surface area (Å²) in [7, 11) is 0. The van der Waals surface area contributed by atoms with Crippen LogP contribution in [0.4, 0.5) is 0 Å². The van der Waals surface area contributed by atoms with E-state index in [1.54, 1.807) is 0 Å². The number of fused-ring (bicyclic) bond motifs is 6. The van der Waals surface area contributed by atoms with Gasteiger partial charge in [-0.3, -0.25) is 4.57 Å². The van der Waals surface area contributed by atoms with Crippen molar-refractivity contribution in [2.24, 2.45) is 0 Å². The van der Waals surface area contributed by atoms with Crippen LogP contribution in [0.1, 0.15) is 0 Å². The molecular formula is C56H36N6. The lowest BCUT2D eigenvalue weighted by molar-refractivity contribution is 0.953. The Kier molecular flexibility index (Phi) is 8.38. The van der Waals surface area contributed by atoms with Gasteiger partial charge in [-0.05, 0) is 53.6 Å². The van der Waals surface area contributed by atoms with Crippen LogP contribution in [-0.2, 0) is 0 Å². The Hall–Kier alpha value is -8.48. The smallest absolute Gasteiger partial charge is 0.238 e. The molecule has 0 atom stereocenters. The van der Waals surface area contributed by atoms with Gasteiger partial charge in [-0.15, -0.1) is 0 Å². The minimum Gasteiger partial charge on any atom is -0.308 e. The Labute approximate surface area is 357 Å². The quantitative estimate of drug-likeness (QED) is 0.161. The van der Waals surface area contributed by atoms with Crippen molar-refractivity contribution in [2.75, 3.05) is 0 Å². The Morgan fingerprint density at radius 2 is 0.758 bits per heavy atom. The molecule has 4 heterocycles. The maximum atomic E-state index is 5.29. The Morgan fingerprint density at radius 3 is 1.44 bits per heavy atom. The molecule has 0 unspecified atom stereocenters. The molecule has 0 saturated carbocycles. The van der Waals surface area contributed by atoms with Gasteiger partial charge >= 0.3 is 0 Å². The first-order chi connectivity index (χ1) is 30.7. The molecule has 0 fully saturated rings. The third-order valence-corrected chi connectivity index (χ3v) is 11.8. The van der Waals surface area contributed by atoms with Gasteiger partial charge in [0.05, 0.1) is 39.1 Å². The monoisotopic (exact) mass is 792 g/mol. The summed E-state index contributed by atoms with van der Waals surface area (Å²) >= 11 is 0. The molecule has 0 N–H and O–H groups in total. The highest BCUT2D eigenvalue weighted by Gasteiger charge is 2.22. The predicted molar refractivity (Wildman–Crippen MR) is 253 cm³/mol. The zero-order valence-electron chi connectivity index (χ0n) is 33.5. The molecule has 62 heavy (non-hydrogen) atoms. The minimum atomic E-state index is 0.552. The molecule has 8 aromatic carbocycles. The van der Waals surface area contributed by atoms with E-state index in [1.807, 2.05) is 30.3 Å². The van der Waals surface area contributed by atoms with Crippen molar-refractivity contribution in [3.8, 4) is 68.1 Å². The van der Waals surface area contributed by atoms with Crippen LogP contribution in [0.2, 0.25) is 0 Å². The third-order valence-electron chi connectivity index (χ3n) is 11.8. The molecule has 0 aliphatic carbocycles. The number of hydrogen-bond acceptors (Lipinski definition) is 4. The van der Waals surface area contributed by atoms with E-state index in [2.05, 4.69) is 197 Å². The number of nitrogens with zero attached hydrogens (tertiary/aromatic N) is 6. The maximum absolute atomic E-state index is 5.29. The number of rotatable bonds is 7. The lowest BCUT2D eigenvalue weighted by atomic mass is 10.0. The molecule has 0 aliphatic rings. The zero-order chi connectivity index (χ0) is 41.0. The van der Waals surface area contributed by atoms with Gasteiger partial charge in [0.15, 0.2) is 11.6 Å². The summed E-state index contributed by atoms with van der Waals surface area (Å²) in [5.41, 5.74) is 13.4. The largest absolute Gasteiger partial charge is 0.308 e. The molecule has 0 amide bonds. The first-order valence-electron chi connectivity index (χ1n) is 20.8. The van der Waals surface area contributed by atoms with Gasteiger partial charge in [0, 0.05) is 43.8 Å². The van der Waals surface area contributed by atoms with Crippen LogP contribution in [0.5, 0.6) is 0 Å². The first kappa shape index (κ1) is 35.5. The maximum Gasteiger partial charge on any atom is 0.238 e. The van der Waals surface area contributed by atoms with Crippen LogP contribution in [0, 0.1) is 0 Å². The normalized spacial score (nSPS) is 11.5. The first-order valence-corrected chi connectivity index (χ1v) is 20.8. The van der Waals surface area contributed by atoms with Crippen LogP contribution >= 0.6 is 0 Å². The van der Waals surface area contributed by atoms with Crippen LogP contribution in [-0.4, -0.2) is 29.1 Å². The molecular weight excluding hydrogens is 757 g/mol. The molecule has 4 aromatic heterocycles. The molecule has 290 valence electrons. The lowest BCUT2D eigenvalue weighted by Gasteiger charge is -2.15. The SMILES string of the molecule is c1ccc(-c2ccc(-c3nc(-c4ccccc4)nc(-n4c5ccccc5c5cc6c7ccccc7n(-c7ccccc7-c7cccc(-c8ccccc8)n7)c6cc54)n3)cc2)cc1. The highest BCUT2D eigenvalue weighted by atomic mass is 15.2. The van der Waals surface area contributed by atoms with Crippen molar-refractivity contribution in [3.63, 3.8) is 0 Å². The predicted octanol–water partition coefficient (Wildman–Crippen LogP) is 13.8. The van der Waals surface area contributed by atoms with Crippen molar-refractivity contribution < 1.29 is 0 Å². The summed E-state index contributed by atoms with van der Waals surface area (Å²) < 4.78 is 4.60. The van der Waals surface area contributed by atoms with Crippen molar-refractivity contribution in [3.05, 3.63) is 218 Å². The molecule has 6 heteroatoms. The van der Waals surface area contributed by atoms with Gasteiger partial charge in [0.2, 0.25) is 5.95 Å². The highest BCUT2D eigenvalue weighted by molar-refractivity contribution is 6.19. The second kappa shape index (κ2) is 14.7. The molecule has 6 nitrogen and oxygen atoms in total. The number of hydrogen-bond donors (Lipinski definition) is 0.